The van der Waals surface area contributed by atoms with Crippen LogP contribution in [0.3, 0.4) is 0 Å². The van der Waals surface area contributed by atoms with Crippen LogP contribution in [-0.4, -0.2) is 31.3 Å². The van der Waals surface area contributed by atoms with Crippen LogP contribution in [0.5, 0.6) is 5.75 Å². The standard InChI is InChI=1S/C19H18N2O6/c1-11-9-12(7-8-14(11)20-19(23)25-3)26-10-16-21-17-13(18(22)24-2)5-4-6-15(17)27-16/h4-9H,10H2,1-3H3,(H,20,23). The van der Waals surface area contributed by atoms with Crippen molar-refractivity contribution < 1.29 is 28.2 Å². The van der Waals surface area contributed by atoms with Gasteiger partial charge in [-0.25, -0.2) is 14.6 Å². The molecular weight excluding hydrogens is 352 g/mol. The lowest BCUT2D eigenvalue weighted by Crippen LogP contribution is -2.11. The number of anilines is 1. The number of aryl methyl sites for hydroxylation is 1. The number of rotatable bonds is 5. The number of para-hydroxylation sites is 1. The van der Waals surface area contributed by atoms with Crippen LogP contribution in [0, 0.1) is 6.92 Å². The first kappa shape index (κ1) is 18.2. The maximum atomic E-state index is 11.8. The fourth-order valence-electron chi connectivity index (χ4n) is 2.50. The van der Waals surface area contributed by atoms with Crippen LogP contribution in [-0.2, 0) is 16.1 Å². The highest BCUT2D eigenvalue weighted by Gasteiger charge is 2.16. The van der Waals surface area contributed by atoms with Crippen LogP contribution < -0.4 is 10.1 Å². The average Bonchev–Trinajstić information content (AvgIpc) is 3.10. The molecule has 8 nitrogen and oxygen atoms in total. The maximum absolute atomic E-state index is 11.8. The van der Waals surface area contributed by atoms with Crippen LogP contribution in [0.25, 0.3) is 11.1 Å². The molecule has 0 saturated carbocycles. The quantitative estimate of drug-likeness (QED) is 0.684. The van der Waals surface area contributed by atoms with Gasteiger partial charge in [0.15, 0.2) is 12.2 Å². The number of carbonyl (C=O) groups excluding carboxylic acids is 2. The number of esters is 1. The van der Waals surface area contributed by atoms with E-state index in [0.717, 1.165) is 5.56 Å². The molecule has 1 N–H and O–H groups in total. The summed E-state index contributed by atoms with van der Waals surface area (Å²) in [4.78, 5) is 27.4. The van der Waals surface area contributed by atoms with Crippen molar-refractivity contribution in [2.75, 3.05) is 19.5 Å². The van der Waals surface area contributed by atoms with Crippen LogP contribution in [0.2, 0.25) is 0 Å². The SMILES string of the molecule is COC(=O)Nc1ccc(OCc2nc3c(C(=O)OC)cccc3o2)cc1C. The molecule has 1 amide bonds. The summed E-state index contributed by atoms with van der Waals surface area (Å²) in [5, 5.41) is 2.61. The molecule has 1 aromatic heterocycles. The summed E-state index contributed by atoms with van der Waals surface area (Å²) in [5.74, 6) is 0.430. The number of ether oxygens (including phenoxy) is 3. The summed E-state index contributed by atoms with van der Waals surface area (Å²) in [5.41, 5.74) is 2.67. The van der Waals surface area contributed by atoms with Gasteiger partial charge < -0.3 is 18.6 Å². The Morgan fingerprint density at radius 3 is 2.67 bits per heavy atom. The third kappa shape index (κ3) is 4.00. The van der Waals surface area contributed by atoms with Crippen molar-refractivity contribution in [1.82, 2.24) is 4.98 Å². The normalized spacial score (nSPS) is 10.5. The van der Waals surface area contributed by atoms with Crippen molar-refractivity contribution >= 4 is 28.8 Å². The molecule has 27 heavy (non-hydrogen) atoms. The van der Waals surface area contributed by atoms with Gasteiger partial charge in [-0.2, -0.15) is 0 Å². The highest BCUT2D eigenvalue weighted by atomic mass is 16.5. The Morgan fingerprint density at radius 1 is 1.15 bits per heavy atom. The molecular formula is C19H18N2O6. The number of nitrogens with one attached hydrogen (secondary N) is 1. The van der Waals surface area contributed by atoms with Gasteiger partial charge in [0, 0.05) is 5.69 Å². The van der Waals surface area contributed by atoms with E-state index in [2.05, 4.69) is 15.0 Å². The number of hydrogen-bond donors (Lipinski definition) is 1. The molecule has 0 aliphatic carbocycles. The number of amides is 1. The Labute approximate surface area is 155 Å². The van der Waals surface area contributed by atoms with E-state index < -0.39 is 12.1 Å². The predicted octanol–water partition coefficient (Wildman–Crippen LogP) is 3.68. The van der Waals surface area contributed by atoms with E-state index in [0.29, 0.717) is 34.0 Å². The third-order valence-corrected chi connectivity index (χ3v) is 3.85. The van der Waals surface area contributed by atoms with Crippen LogP contribution >= 0.6 is 0 Å². The molecule has 1 heterocycles. The van der Waals surface area contributed by atoms with Gasteiger partial charge in [0.1, 0.15) is 11.3 Å². The fraction of sp³-hybridized carbons (Fsp3) is 0.211. The second-order valence-corrected chi connectivity index (χ2v) is 5.63. The first-order valence-electron chi connectivity index (χ1n) is 8.07. The zero-order valence-corrected chi connectivity index (χ0v) is 15.1. The molecule has 0 saturated heterocycles. The highest BCUT2D eigenvalue weighted by Crippen LogP contribution is 2.24. The summed E-state index contributed by atoms with van der Waals surface area (Å²) in [6.07, 6.45) is -0.542. The smallest absolute Gasteiger partial charge is 0.411 e. The number of benzene rings is 2. The number of hydrogen-bond acceptors (Lipinski definition) is 7. The zero-order valence-electron chi connectivity index (χ0n) is 15.1. The number of nitrogens with zero attached hydrogens (tertiary/aromatic N) is 1. The maximum Gasteiger partial charge on any atom is 0.411 e. The van der Waals surface area contributed by atoms with E-state index in [1.807, 2.05) is 6.92 Å². The lowest BCUT2D eigenvalue weighted by molar-refractivity contribution is 0.0602. The van der Waals surface area contributed by atoms with E-state index >= 15 is 0 Å². The Balaban J connectivity index is 1.74. The van der Waals surface area contributed by atoms with Gasteiger partial charge in [0.2, 0.25) is 5.89 Å². The van der Waals surface area contributed by atoms with Gasteiger partial charge in [-0.3, -0.25) is 5.32 Å². The average molecular weight is 370 g/mol. The summed E-state index contributed by atoms with van der Waals surface area (Å²) < 4.78 is 20.7. The van der Waals surface area contributed by atoms with E-state index in [-0.39, 0.29) is 6.61 Å². The van der Waals surface area contributed by atoms with Crippen molar-refractivity contribution in [3.63, 3.8) is 0 Å². The van der Waals surface area contributed by atoms with Crippen molar-refractivity contribution in [2.24, 2.45) is 0 Å². The summed E-state index contributed by atoms with van der Waals surface area (Å²) in [6, 6.07) is 10.2. The van der Waals surface area contributed by atoms with Gasteiger partial charge in [0.25, 0.3) is 0 Å². The minimum absolute atomic E-state index is 0.0819. The molecule has 0 atom stereocenters. The lowest BCUT2D eigenvalue weighted by atomic mass is 10.2. The van der Waals surface area contributed by atoms with Crippen LogP contribution in [0.15, 0.2) is 40.8 Å². The molecule has 0 radical (unpaired) electrons. The lowest BCUT2D eigenvalue weighted by Gasteiger charge is -2.09. The molecule has 0 fully saturated rings. The zero-order chi connectivity index (χ0) is 19.4. The molecule has 0 aliphatic heterocycles. The largest absolute Gasteiger partial charge is 0.484 e. The topological polar surface area (TPSA) is 99.9 Å². The molecule has 8 heteroatoms. The second kappa shape index (κ2) is 7.77. The third-order valence-electron chi connectivity index (χ3n) is 3.85. The summed E-state index contributed by atoms with van der Waals surface area (Å²) in [6.45, 7) is 1.92. The minimum Gasteiger partial charge on any atom is -0.484 e. The van der Waals surface area contributed by atoms with Crippen molar-refractivity contribution in [3.8, 4) is 5.75 Å². The highest BCUT2D eigenvalue weighted by molar-refractivity contribution is 6.01. The van der Waals surface area contributed by atoms with Gasteiger partial charge in [-0.05, 0) is 42.8 Å². The molecule has 0 spiro atoms. The Hall–Kier alpha value is -3.55. The number of methoxy groups -OCH3 is 2. The summed E-state index contributed by atoms with van der Waals surface area (Å²) >= 11 is 0. The molecule has 0 aliphatic rings. The molecule has 140 valence electrons. The molecule has 2 aromatic carbocycles. The minimum atomic E-state index is -0.542. The Kier molecular flexibility index (Phi) is 5.25. The van der Waals surface area contributed by atoms with Crippen LogP contribution in [0.4, 0.5) is 10.5 Å². The molecule has 0 unspecified atom stereocenters. The Bertz CT molecular complexity index is 995. The van der Waals surface area contributed by atoms with Gasteiger partial charge in [0.05, 0.1) is 19.8 Å². The number of fused-ring (bicyclic) bond motifs is 1. The molecule has 3 rings (SSSR count). The van der Waals surface area contributed by atoms with E-state index in [1.165, 1.54) is 14.2 Å². The molecule has 0 bridgehead atoms. The van der Waals surface area contributed by atoms with E-state index in [9.17, 15) is 9.59 Å². The van der Waals surface area contributed by atoms with Gasteiger partial charge >= 0.3 is 12.1 Å². The van der Waals surface area contributed by atoms with E-state index in [4.69, 9.17) is 13.9 Å². The number of aromatic nitrogens is 1. The fourth-order valence-corrected chi connectivity index (χ4v) is 2.50. The number of oxazole rings is 1. The van der Waals surface area contributed by atoms with Crippen molar-refractivity contribution in [3.05, 3.63) is 53.4 Å². The predicted molar refractivity (Wildman–Crippen MR) is 96.9 cm³/mol. The van der Waals surface area contributed by atoms with Crippen molar-refractivity contribution in [2.45, 2.75) is 13.5 Å². The first-order valence-corrected chi connectivity index (χ1v) is 8.07. The first-order chi connectivity index (χ1) is 13.0. The Morgan fingerprint density at radius 2 is 1.96 bits per heavy atom. The second-order valence-electron chi connectivity index (χ2n) is 5.63. The van der Waals surface area contributed by atoms with E-state index in [1.54, 1.807) is 36.4 Å². The van der Waals surface area contributed by atoms with Gasteiger partial charge in [-0.15, -0.1) is 0 Å². The van der Waals surface area contributed by atoms with Crippen LogP contribution in [0.1, 0.15) is 21.8 Å². The molecule has 3 aromatic rings. The summed E-state index contributed by atoms with van der Waals surface area (Å²) in [7, 11) is 2.61. The number of carbonyl (C=O) groups is 2. The van der Waals surface area contributed by atoms with Gasteiger partial charge in [-0.1, -0.05) is 6.07 Å². The van der Waals surface area contributed by atoms with Crippen molar-refractivity contribution in [1.29, 1.82) is 0 Å². The monoisotopic (exact) mass is 370 g/mol.